The SMILES string of the molecule is CC(C)Oc1cccc2c1c(NC(=O)CN1CCOC1=O)nn2-c1ccc(F)cc1. The van der Waals surface area contributed by atoms with Crippen LogP contribution in [0.2, 0.25) is 0 Å². The lowest BCUT2D eigenvalue weighted by Gasteiger charge is -2.13. The maximum absolute atomic E-state index is 13.4. The van der Waals surface area contributed by atoms with Crippen LogP contribution < -0.4 is 10.1 Å². The highest BCUT2D eigenvalue weighted by Gasteiger charge is 2.25. The van der Waals surface area contributed by atoms with Crippen molar-refractivity contribution < 1.29 is 23.5 Å². The summed E-state index contributed by atoms with van der Waals surface area (Å²) in [5, 5.41) is 7.93. The number of carbonyl (C=O) groups excluding carboxylic acids is 2. The largest absolute Gasteiger partial charge is 0.490 e. The van der Waals surface area contributed by atoms with Crippen molar-refractivity contribution in [3.63, 3.8) is 0 Å². The highest BCUT2D eigenvalue weighted by molar-refractivity contribution is 6.04. The van der Waals surface area contributed by atoms with E-state index in [-0.39, 0.29) is 25.1 Å². The Labute approximate surface area is 172 Å². The number of nitrogens with one attached hydrogen (secondary N) is 1. The number of anilines is 1. The Morgan fingerprint density at radius 2 is 2.03 bits per heavy atom. The molecule has 1 aliphatic rings. The van der Waals surface area contributed by atoms with Crippen LogP contribution in [-0.4, -0.2) is 52.5 Å². The molecule has 2 amide bonds. The van der Waals surface area contributed by atoms with Gasteiger partial charge in [-0.05, 0) is 50.2 Å². The van der Waals surface area contributed by atoms with Crippen LogP contribution in [0.5, 0.6) is 5.75 Å². The first kappa shape index (κ1) is 19.7. The lowest BCUT2D eigenvalue weighted by molar-refractivity contribution is -0.116. The molecule has 0 unspecified atom stereocenters. The number of fused-ring (bicyclic) bond motifs is 1. The number of cyclic esters (lactones) is 1. The van der Waals surface area contributed by atoms with Gasteiger partial charge in [-0.15, -0.1) is 5.10 Å². The van der Waals surface area contributed by atoms with Crippen LogP contribution >= 0.6 is 0 Å². The Morgan fingerprint density at radius 1 is 1.27 bits per heavy atom. The molecule has 1 aromatic heterocycles. The topological polar surface area (TPSA) is 85.7 Å². The number of carbonyl (C=O) groups is 2. The molecule has 30 heavy (non-hydrogen) atoms. The van der Waals surface area contributed by atoms with Gasteiger partial charge in [-0.2, -0.15) is 0 Å². The summed E-state index contributed by atoms with van der Waals surface area (Å²) in [6.45, 7) is 4.29. The molecule has 1 saturated heterocycles. The van der Waals surface area contributed by atoms with Crippen LogP contribution in [0.1, 0.15) is 13.8 Å². The van der Waals surface area contributed by atoms with Crippen molar-refractivity contribution in [3.05, 3.63) is 48.3 Å². The fourth-order valence-electron chi connectivity index (χ4n) is 3.27. The Hall–Kier alpha value is -3.62. The van der Waals surface area contributed by atoms with Crippen LogP contribution in [0.4, 0.5) is 15.0 Å². The van der Waals surface area contributed by atoms with Gasteiger partial charge in [0.05, 0.1) is 29.2 Å². The number of aromatic nitrogens is 2. The fourth-order valence-corrected chi connectivity index (χ4v) is 3.27. The lowest BCUT2D eigenvalue weighted by Crippen LogP contribution is -2.33. The van der Waals surface area contributed by atoms with Gasteiger partial charge in [-0.1, -0.05) is 6.07 Å². The average Bonchev–Trinajstić information content (AvgIpc) is 3.26. The molecule has 9 heteroatoms. The van der Waals surface area contributed by atoms with Gasteiger partial charge in [0.15, 0.2) is 5.82 Å². The summed E-state index contributed by atoms with van der Waals surface area (Å²) < 4.78 is 25.8. The third kappa shape index (κ3) is 3.91. The molecule has 0 saturated carbocycles. The Morgan fingerprint density at radius 3 is 2.70 bits per heavy atom. The Bertz CT molecular complexity index is 1090. The summed E-state index contributed by atoms with van der Waals surface area (Å²) in [4.78, 5) is 25.5. The molecule has 1 aliphatic heterocycles. The number of rotatable bonds is 6. The average molecular weight is 412 g/mol. The van der Waals surface area contributed by atoms with Crippen molar-refractivity contribution in [3.8, 4) is 11.4 Å². The van der Waals surface area contributed by atoms with E-state index in [0.717, 1.165) is 0 Å². The first-order chi connectivity index (χ1) is 14.4. The molecular weight excluding hydrogens is 391 g/mol. The van der Waals surface area contributed by atoms with Gasteiger partial charge in [0.2, 0.25) is 5.91 Å². The molecule has 1 N–H and O–H groups in total. The predicted octanol–water partition coefficient (Wildman–Crippen LogP) is 3.34. The number of benzene rings is 2. The van der Waals surface area contributed by atoms with Gasteiger partial charge in [0.25, 0.3) is 0 Å². The minimum atomic E-state index is -0.518. The van der Waals surface area contributed by atoms with Gasteiger partial charge in [0, 0.05) is 0 Å². The van der Waals surface area contributed by atoms with E-state index in [0.29, 0.717) is 34.7 Å². The maximum atomic E-state index is 13.4. The smallest absolute Gasteiger partial charge is 0.410 e. The molecule has 1 fully saturated rings. The summed E-state index contributed by atoms with van der Waals surface area (Å²) in [5.74, 6) is 0.0961. The molecule has 0 bridgehead atoms. The first-order valence-electron chi connectivity index (χ1n) is 9.58. The van der Waals surface area contributed by atoms with E-state index >= 15 is 0 Å². The molecule has 156 valence electrons. The van der Waals surface area contributed by atoms with E-state index in [2.05, 4.69) is 10.4 Å². The van der Waals surface area contributed by atoms with E-state index in [1.54, 1.807) is 22.9 Å². The zero-order valence-electron chi connectivity index (χ0n) is 16.6. The van der Waals surface area contributed by atoms with Crippen LogP contribution in [0.3, 0.4) is 0 Å². The van der Waals surface area contributed by atoms with Crippen molar-refractivity contribution in [2.75, 3.05) is 25.0 Å². The highest BCUT2D eigenvalue weighted by Crippen LogP contribution is 2.34. The third-order valence-electron chi connectivity index (χ3n) is 4.54. The van der Waals surface area contributed by atoms with Gasteiger partial charge in [-0.3, -0.25) is 9.69 Å². The van der Waals surface area contributed by atoms with Crippen LogP contribution in [0, 0.1) is 5.82 Å². The molecule has 0 radical (unpaired) electrons. The number of halogens is 1. The summed E-state index contributed by atoms with van der Waals surface area (Å²) in [6.07, 6.45) is -0.608. The van der Waals surface area contributed by atoms with E-state index in [9.17, 15) is 14.0 Å². The maximum Gasteiger partial charge on any atom is 0.410 e. The lowest BCUT2D eigenvalue weighted by atomic mass is 10.2. The van der Waals surface area contributed by atoms with Crippen LogP contribution in [0.25, 0.3) is 16.6 Å². The summed E-state index contributed by atoms with van der Waals surface area (Å²) in [7, 11) is 0. The van der Waals surface area contributed by atoms with Crippen LogP contribution in [-0.2, 0) is 9.53 Å². The number of hydrogen-bond donors (Lipinski definition) is 1. The second-order valence-electron chi connectivity index (χ2n) is 7.14. The summed E-state index contributed by atoms with van der Waals surface area (Å²) >= 11 is 0. The zero-order chi connectivity index (χ0) is 21.3. The Kier molecular flexibility index (Phi) is 5.26. The minimum absolute atomic E-state index is 0.0901. The zero-order valence-corrected chi connectivity index (χ0v) is 16.6. The summed E-state index contributed by atoms with van der Waals surface area (Å²) in [5.41, 5.74) is 1.32. The molecule has 2 heterocycles. The quantitative estimate of drug-likeness (QED) is 0.671. The summed E-state index contributed by atoms with van der Waals surface area (Å²) in [6, 6.07) is 11.3. The molecule has 0 spiro atoms. The van der Waals surface area contributed by atoms with Gasteiger partial charge in [-0.25, -0.2) is 13.9 Å². The van der Waals surface area contributed by atoms with Gasteiger partial charge < -0.3 is 14.8 Å². The van der Waals surface area contributed by atoms with Crippen molar-refractivity contribution in [1.82, 2.24) is 14.7 Å². The molecule has 8 nitrogen and oxygen atoms in total. The second kappa shape index (κ2) is 8.02. The van der Waals surface area contributed by atoms with E-state index in [1.807, 2.05) is 26.0 Å². The highest BCUT2D eigenvalue weighted by atomic mass is 19.1. The van der Waals surface area contributed by atoms with E-state index < -0.39 is 12.0 Å². The number of amides is 2. The third-order valence-corrected chi connectivity index (χ3v) is 4.54. The molecule has 3 aromatic rings. The second-order valence-corrected chi connectivity index (χ2v) is 7.14. The monoisotopic (exact) mass is 412 g/mol. The molecule has 2 aromatic carbocycles. The molecule has 4 rings (SSSR count). The fraction of sp³-hybridized carbons (Fsp3) is 0.286. The van der Waals surface area contributed by atoms with Crippen LogP contribution in [0.15, 0.2) is 42.5 Å². The number of nitrogens with zero attached hydrogens (tertiary/aromatic N) is 3. The molecular formula is C21H21FN4O4. The number of ether oxygens (including phenoxy) is 2. The van der Waals surface area contributed by atoms with E-state index in [1.165, 1.54) is 17.0 Å². The van der Waals surface area contributed by atoms with Crippen molar-refractivity contribution in [2.24, 2.45) is 0 Å². The van der Waals surface area contributed by atoms with Gasteiger partial charge >= 0.3 is 6.09 Å². The Balaban J connectivity index is 1.74. The first-order valence-corrected chi connectivity index (χ1v) is 9.58. The minimum Gasteiger partial charge on any atom is -0.490 e. The van der Waals surface area contributed by atoms with Crippen molar-refractivity contribution in [1.29, 1.82) is 0 Å². The normalized spacial score (nSPS) is 13.7. The number of hydrogen-bond acceptors (Lipinski definition) is 5. The molecule has 0 atom stereocenters. The van der Waals surface area contributed by atoms with Gasteiger partial charge in [0.1, 0.15) is 24.7 Å². The predicted molar refractivity (Wildman–Crippen MR) is 108 cm³/mol. The van der Waals surface area contributed by atoms with Crippen molar-refractivity contribution in [2.45, 2.75) is 20.0 Å². The standard InChI is InChI=1S/C21H21FN4O4/c1-13(2)30-17-5-3-4-16-19(17)20(23-18(27)12-25-10-11-29-21(25)28)24-26(16)15-8-6-14(22)7-9-15/h3-9,13H,10-12H2,1-2H3,(H,23,24,27). The van der Waals surface area contributed by atoms with Crippen molar-refractivity contribution >= 4 is 28.7 Å². The van der Waals surface area contributed by atoms with E-state index in [4.69, 9.17) is 9.47 Å². The molecule has 0 aliphatic carbocycles.